The highest BCUT2D eigenvalue weighted by molar-refractivity contribution is 5.93. The Morgan fingerprint density at radius 3 is 2.40 bits per heavy atom. The minimum Gasteiger partial charge on any atom is -0.494 e. The summed E-state index contributed by atoms with van der Waals surface area (Å²) in [6.07, 6.45) is 26.9. The van der Waals surface area contributed by atoms with Crippen LogP contribution < -0.4 is 4.74 Å². The quantitative estimate of drug-likeness (QED) is 0.175. The van der Waals surface area contributed by atoms with E-state index in [1.807, 2.05) is 0 Å². The summed E-state index contributed by atoms with van der Waals surface area (Å²) in [7, 11) is 0. The van der Waals surface area contributed by atoms with E-state index in [0.717, 1.165) is 50.0 Å². The van der Waals surface area contributed by atoms with Gasteiger partial charge in [0.1, 0.15) is 23.4 Å². The molecule has 53 heavy (non-hydrogen) atoms. The van der Waals surface area contributed by atoms with Crippen LogP contribution in [0.3, 0.4) is 0 Å². The molecule has 0 bridgehead atoms. The van der Waals surface area contributed by atoms with Crippen molar-refractivity contribution in [3.05, 3.63) is 167 Å². The lowest BCUT2D eigenvalue weighted by atomic mass is 9.61. The SMILES string of the molecule is C1=CC(n2c3c(c4cc(-c5ccc6c(c5)Oc5ccccc5C6C5C6=C(CCC=C6)OC6CCC=C(c7ccccc7)C65)ccc42)CCC=C3)CCC1. The highest BCUT2D eigenvalue weighted by Crippen LogP contribution is 2.58. The molecule has 0 amide bonds. The number of hydrogen-bond donors (Lipinski definition) is 0. The fraction of sp³-hybridized carbons (Fsp3) is 0.280. The zero-order valence-corrected chi connectivity index (χ0v) is 30.2. The van der Waals surface area contributed by atoms with Gasteiger partial charge in [-0.3, -0.25) is 0 Å². The Morgan fingerprint density at radius 2 is 1.47 bits per heavy atom. The number of rotatable bonds is 4. The smallest absolute Gasteiger partial charge is 0.131 e. The summed E-state index contributed by atoms with van der Waals surface area (Å²) in [6.45, 7) is 0. The van der Waals surface area contributed by atoms with E-state index in [4.69, 9.17) is 9.47 Å². The van der Waals surface area contributed by atoms with Crippen LogP contribution in [0, 0.1) is 11.8 Å². The van der Waals surface area contributed by atoms with Crippen LogP contribution in [-0.2, 0) is 11.2 Å². The molecule has 3 nitrogen and oxygen atoms in total. The standard InChI is InChI=1S/C50H45NO2/c1-3-14-32(15-4-1)36-21-13-25-46-49(36)50(39-20-9-12-24-45(39)52-46)48-38-19-8-11-23-44(38)53-47-31-34(26-28-40(47)48)33-27-29-43-41(30-33)37-18-7-10-22-42(37)51(43)35-16-5-2-6-17-35/h1,3-5,8-11,14-16,19-23,26-31,35,46,48-50H,2,6-7,12-13,17-18,24-25H2. The van der Waals surface area contributed by atoms with E-state index in [0.29, 0.717) is 6.04 Å². The number of fused-ring (bicyclic) bond motifs is 6. The van der Waals surface area contributed by atoms with Gasteiger partial charge in [-0.05, 0) is 115 Å². The molecule has 0 spiro atoms. The molecule has 0 saturated heterocycles. The van der Waals surface area contributed by atoms with Crippen LogP contribution in [-0.4, -0.2) is 10.7 Å². The molecule has 1 aromatic heterocycles. The third-order valence-corrected chi connectivity index (χ3v) is 12.9. The molecule has 5 atom stereocenters. The van der Waals surface area contributed by atoms with Crippen molar-refractivity contribution in [2.24, 2.45) is 11.8 Å². The Morgan fingerprint density at radius 1 is 0.642 bits per heavy atom. The van der Waals surface area contributed by atoms with Gasteiger partial charge < -0.3 is 14.0 Å². The minimum atomic E-state index is 0.136. The molecular formula is C50H45NO2. The number of para-hydroxylation sites is 1. The third kappa shape index (κ3) is 5.07. The molecule has 3 heterocycles. The van der Waals surface area contributed by atoms with Crippen molar-refractivity contribution >= 4 is 22.6 Å². The summed E-state index contributed by atoms with van der Waals surface area (Å²) in [5.74, 6) is 3.76. The van der Waals surface area contributed by atoms with E-state index in [2.05, 4.69) is 138 Å². The maximum atomic E-state index is 6.98. The Balaban J connectivity index is 1.05. The average molecular weight is 692 g/mol. The van der Waals surface area contributed by atoms with Crippen molar-refractivity contribution in [2.75, 3.05) is 0 Å². The topological polar surface area (TPSA) is 23.4 Å². The highest BCUT2D eigenvalue weighted by atomic mass is 16.5. The molecule has 262 valence electrons. The second-order valence-electron chi connectivity index (χ2n) is 15.8. The van der Waals surface area contributed by atoms with Gasteiger partial charge in [0, 0.05) is 51.9 Å². The summed E-state index contributed by atoms with van der Waals surface area (Å²) in [5, 5.41) is 1.40. The number of nitrogens with zero attached hydrogens (tertiary/aromatic N) is 1. The number of allylic oxidation sites excluding steroid dienone is 8. The first kappa shape index (κ1) is 31.3. The van der Waals surface area contributed by atoms with Crippen LogP contribution in [0.25, 0.3) is 33.7 Å². The van der Waals surface area contributed by atoms with Gasteiger partial charge in [-0.1, -0.05) is 103 Å². The lowest BCUT2D eigenvalue weighted by Gasteiger charge is -2.48. The van der Waals surface area contributed by atoms with Crippen molar-refractivity contribution in [3.8, 4) is 22.6 Å². The molecule has 0 N–H and O–H groups in total. The van der Waals surface area contributed by atoms with Gasteiger partial charge in [-0.15, -0.1) is 0 Å². The molecule has 6 aliphatic rings. The second kappa shape index (κ2) is 12.7. The normalized spacial score (nSPS) is 25.4. The molecular weight excluding hydrogens is 647 g/mol. The van der Waals surface area contributed by atoms with E-state index >= 15 is 0 Å². The molecule has 4 aromatic carbocycles. The molecule has 4 aliphatic carbocycles. The summed E-state index contributed by atoms with van der Waals surface area (Å²) in [4.78, 5) is 0. The van der Waals surface area contributed by atoms with Crippen molar-refractivity contribution in [1.82, 2.24) is 4.57 Å². The molecule has 0 fully saturated rings. The van der Waals surface area contributed by atoms with Crippen LogP contribution in [0.2, 0.25) is 0 Å². The first-order valence-electron chi connectivity index (χ1n) is 20.0. The highest BCUT2D eigenvalue weighted by Gasteiger charge is 2.49. The fourth-order valence-corrected chi connectivity index (χ4v) is 10.6. The number of hydrogen-bond acceptors (Lipinski definition) is 2. The van der Waals surface area contributed by atoms with Crippen molar-refractivity contribution < 1.29 is 9.47 Å². The second-order valence-corrected chi connectivity index (χ2v) is 15.8. The summed E-state index contributed by atoms with van der Waals surface area (Å²) >= 11 is 0. The third-order valence-electron chi connectivity index (χ3n) is 12.9. The molecule has 0 saturated carbocycles. The van der Waals surface area contributed by atoms with Crippen molar-refractivity contribution in [1.29, 1.82) is 0 Å². The van der Waals surface area contributed by atoms with Gasteiger partial charge in [0.05, 0.1) is 6.04 Å². The predicted octanol–water partition coefficient (Wildman–Crippen LogP) is 12.9. The number of aryl methyl sites for hydroxylation is 1. The van der Waals surface area contributed by atoms with Gasteiger partial charge in [-0.2, -0.15) is 0 Å². The van der Waals surface area contributed by atoms with E-state index in [-0.39, 0.29) is 23.9 Å². The van der Waals surface area contributed by atoms with Crippen molar-refractivity contribution in [2.45, 2.75) is 75.9 Å². The van der Waals surface area contributed by atoms with Gasteiger partial charge in [-0.25, -0.2) is 0 Å². The Kier molecular flexibility index (Phi) is 7.49. The Labute approximate surface area is 312 Å². The van der Waals surface area contributed by atoms with E-state index in [1.165, 1.54) is 86.1 Å². The molecule has 11 rings (SSSR count). The van der Waals surface area contributed by atoms with E-state index < -0.39 is 0 Å². The molecule has 3 heteroatoms. The Hall–Kier alpha value is -5.28. The van der Waals surface area contributed by atoms with Crippen molar-refractivity contribution in [3.63, 3.8) is 0 Å². The maximum absolute atomic E-state index is 6.98. The van der Waals surface area contributed by atoms with Crippen LogP contribution in [0.15, 0.2) is 139 Å². The van der Waals surface area contributed by atoms with Gasteiger partial charge in [0.15, 0.2) is 0 Å². The predicted molar refractivity (Wildman–Crippen MR) is 216 cm³/mol. The van der Waals surface area contributed by atoms with Crippen LogP contribution in [0.5, 0.6) is 11.5 Å². The maximum Gasteiger partial charge on any atom is 0.131 e. The van der Waals surface area contributed by atoms with Gasteiger partial charge in [0.25, 0.3) is 0 Å². The lowest BCUT2D eigenvalue weighted by Crippen LogP contribution is -2.42. The number of benzene rings is 4. The van der Waals surface area contributed by atoms with Crippen LogP contribution in [0.4, 0.5) is 0 Å². The molecule has 5 aromatic rings. The largest absolute Gasteiger partial charge is 0.494 e. The van der Waals surface area contributed by atoms with Gasteiger partial charge >= 0.3 is 0 Å². The lowest BCUT2D eigenvalue weighted by molar-refractivity contribution is 0.0255. The van der Waals surface area contributed by atoms with E-state index in [9.17, 15) is 0 Å². The number of ether oxygens (including phenoxy) is 2. The molecule has 2 aliphatic heterocycles. The van der Waals surface area contributed by atoms with Crippen LogP contribution in [0.1, 0.15) is 91.3 Å². The van der Waals surface area contributed by atoms with Crippen LogP contribution >= 0.6 is 0 Å². The Bertz CT molecular complexity index is 2420. The molecule has 5 unspecified atom stereocenters. The first-order valence-corrected chi connectivity index (χ1v) is 20.0. The summed E-state index contributed by atoms with van der Waals surface area (Å²) in [6, 6.07) is 34.5. The first-order chi connectivity index (χ1) is 26.3. The summed E-state index contributed by atoms with van der Waals surface area (Å²) < 4.78 is 16.5. The van der Waals surface area contributed by atoms with Gasteiger partial charge in [0.2, 0.25) is 0 Å². The van der Waals surface area contributed by atoms with E-state index in [1.54, 1.807) is 0 Å². The minimum absolute atomic E-state index is 0.136. The molecule has 0 radical (unpaired) electrons. The summed E-state index contributed by atoms with van der Waals surface area (Å²) in [5.41, 5.74) is 13.4. The fourth-order valence-electron chi connectivity index (χ4n) is 10.6. The monoisotopic (exact) mass is 691 g/mol. The average Bonchev–Trinajstić information content (AvgIpc) is 3.56. The number of aromatic nitrogens is 1. The zero-order valence-electron chi connectivity index (χ0n) is 30.2. The zero-order chi connectivity index (χ0) is 34.9.